The Bertz CT molecular complexity index is 474. The first kappa shape index (κ1) is 13.3. The maximum absolute atomic E-state index is 11.2. The summed E-state index contributed by atoms with van der Waals surface area (Å²) in [4.78, 5) is 22.0. The topological polar surface area (TPSA) is 118 Å². The Morgan fingerprint density at radius 3 is 2.58 bits per heavy atom. The van der Waals surface area contributed by atoms with Gasteiger partial charge in [-0.2, -0.15) is 0 Å². The number of rotatable bonds is 4. The lowest BCUT2D eigenvalue weighted by molar-refractivity contribution is -0.143. The summed E-state index contributed by atoms with van der Waals surface area (Å²) in [5.74, 6) is -1.38. The number of carbonyl (C=O) groups excluding carboxylic acids is 1. The molecule has 1 aromatic heterocycles. The predicted molar refractivity (Wildman–Crippen MR) is 67.6 cm³/mol. The molecule has 1 aliphatic rings. The molecule has 7 heteroatoms. The fraction of sp³-hybridized carbons (Fsp3) is 0.500. The van der Waals surface area contributed by atoms with Crippen LogP contribution in [0.5, 0.6) is 0 Å². The lowest BCUT2D eigenvalue weighted by Gasteiger charge is -2.29. The molecule has 0 spiro atoms. The quantitative estimate of drug-likeness (QED) is 0.734. The zero-order valence-corrected chi connectivity index (χ0v) is 10.4. The van der Waals surface area contributed by atoms with Gasteiger partial charge in [-0.05, 0) is 25.0 Å². The van der Waals surface area contributed by atoms with Crippen molar-refractivity contribution >= 4 is 17.7 Å². The van der Waals surface area contributed by atoms with Crippen LogP contribution in [-0.4, -0.2) is 33.2 Å². The molecule has 0 aliphatic heterocycles. The van der Waals surface area contributed by atoms with Gasteiger partial charge < -0.3 is 16.2 Å². The molecular formula is C12H16N4O3. The Hall–Kier alpha value is -2.18. The highest BCUT2D eigenvalue weighted by Gasteiger charge is 2.30. The monoisotopic (exact) mass is 264 g/mol. The number of aromatic nitrogens is 2. The van der Waals surface area contributed by atoms with Crippen molar-refractivity contribution in [3.05, 3.63) is 17.8 Å². The van der Waals surface area contributed by atoms with Crippen molar-refractivity contribution in [2.45, 2.75) is 31.7 Å². The number of carbonyl (C=O) groups is 2. The molecule has 1 heterocycles. The van der Waals surface area contributed by atoms with Gasteiger partial charge in [-0.1, -0.05) is 12.8 Å². The molecule has 0 radical (unpaired) electrons. The van der Waals surface area contributed by atoms with Gasteiger partial charge in [-0.15, -0.1) is 10.2 Å². The zero-order valence-electron chi connectivity index (χ0n) is 10.4. The zero-order chi connectivity index (χ0) is 13.8. The fourth-order valence-electron chi connectivity index (χ4n) is 2.33. The highest BCUT2D eigenvalue weighted by Crippen LogP contribution is 2.26. The van der Waals surface area contributed by atoms with Crippen LogP contribution in [0, 0.1) is 5.92 Å². The van der Waals surface area contributed by atoms with Crippen molar-refractivity contribution in [3.8, 4) is 0 Å². The van der Waals surface area contributed by atoms with Gasteiger partial charge in [-0.3, -0.25) is 9.59 Å². The van der Waals surface area contributed by atoms with Crippen LogP contribution in [0.3, 0.4) is 0 Å². The Kier molecular flexibility index (Phi) is 3.94. The molecule has 7 nitrogen and oxygen atoms in total. The maximum atomic E-state index is 11.2. The van der Waals surface area contributed by atoms with E-state index in [1.165, 1.54) is 6.07 Å². The minimum Gasteiger partial charge on any atom is -0.481 e. The van der Waals surface area contributed by atoms with E-state index in [1.54, 1.807) is 6.07 Å². The first-order valence-corrected chi connectivity index (χ1v) is 6.21. The van der Waals surface area contributed by atoms with E-state index >= 15 is 0 Å². The van der Waals surface area contributed by atoms with Gasteiger partial charge in [0.1, 0.15) is 5.82 Å². The normalized spacial score (nSPS) is 22.7. The van der Waals surface area contributed by atoms with Gasteiger partial charge in [0.05, 0.1) is 5.92 Å². The third-order valence-electron chi connectivity index (χ3n) is 3.33. The summed E-state index contributed by atoms with van der Waals surface area (Å²) in [6.45, 7) is 0. The number of nitrogens with zero attached hydrogens (tertiary/aromatic N) is 2. The van der Waals surface area contributed by atoms with E-state index < -0.39 is 17.8 Å². The Morgan fingerprint density at radius 2 is 2.00 bits per heavy atom. The van der Waals surface area contributed by atoms with Crippen LogP contribution in [-0.2, 0) is 4.79 Å². The number of anilines is 1. The van der Waals surface area contributed by atoms with Gasteiger partial charge in [-0.25, -0.2) is 0 Å². The first-order valence-electron chi connectivity index (χ1n) is 6.21. The standard InChI is InChI=1S/C12H16N4O3/c13-11(17)9-5-6-10(16-15-9)14-8-4-2-1-3-7(8)12(18)19/h5-8H,1-4H2,(H2,13,17)(H,14,16)(H,18,19). The molecule has 1 fully saturated rings. The third-order valence-corrected chi connectivity index (χ3v) is 3.33. The van der Waals surface area contributed by atoms with Crippen molar-refractivity contribution < 1.29 is 14.7 Å². The second-order valence-electron chi connectivity index (χ2n) is 4.65. The number of hydrogen-bond acceptors (Lipinski definition) is 5. The van der Waals surface area contributed by atoms with Gasteiger partial charge in [0, 0.05) is 6.04 Å². The molecule has 2 atom stereocenters. The number of aliphatic carboxylic acids is 1. The minimum atomic E-state index is -0.793. The summed E-state index contributed by atoms with van der Waals surface area (Å²) >= 11 is 0. The van der Waals surface area contributed by atoms with E-state index in [0.717, 1.165) is 19.3 Å². The van der Waals surface area contributed by atoms with Crippen LogP contribution in [0.2, 0.25) is 0 Å². The summed E-state index contributed by atoms with van der Waals surface area (Å²) in [6, 6.07) is 2.90. The minimum absolute atomic E-state index is 0.0870. The maximum Gasteiger partial charge on any atom is 0.308 e. The average Bonchev–Trinajstić information content (AvgIpc) is 2.39. The smallest absolute Gasteiger partial charge is 0.308 e. The number of carboxylic acid groups (broad SMARTS) is 1. The molecule has 1 saturated carbocycles. The lowest BCUT2D eigenvalue weighted by Crippen LogP contribution is -2.37. The lowest BCUT2D eigenvalue weighted by atomic mass is 9.84. The summed E-state index contributed by atoms with van der Waals surface area (Å²) in [5, 5.41) is 19.8. The first-order chi connectivity index (χ1) is 9.08. The van der Waals surface area contributed by atoms with Crippen LogP contribution in [0.15, 0.2) is 12.1 Å². The molecule has 4 N–H and O–H groups in total. The van der Waals surface area contributed by atoms with Gasteiger partial charge in [0.2, 0.25) is 0 Å². The molecule has 19 heavy (non-hydrogen) atoms. The Morgan fingerprint density at radius 1 is 1.26 bits per heavy atom. The predicted octanol–water partition coefficient (Wildman–Crippen LogP) is 0.631. The highest BCUT2D eigenvalue weighted by molar-refractivity contribution is 5.90. The average molecular weight is 264 g/mol. The molecule has 0 aromatic carbocycles. The number of primary amides is 1. The van der Waals surface area contributed by atoms with E-state index in [-0.39, 0.29) is 11.7 Å². The van der Waals surface area contributed by atoms with Crippen LogP contribution in [0.25, 0.3) is 0 Å². The van der Waals surface area contributed by atoms with E-state index in [4.69, 9.17) is 10.8 Å². The van der Waals surface area contributed by atoms with Crippen molar-refractivity contribution in [2.75, 3.05) is 5.32 Å². The van der Waals surface area contributed by atoms with Crippen molar-refractivity contribution in [1.82, 2.24) is 10.2 Å². The molecule has 2 rings (SSSR count). The number of carboxylic acids is 1. The molecule has 1 aliphatic carbocycles. The van der Waals surface area contributed by atoms with Crippen molar-refractivity contribution in [3.63, 3.8) is 0 Å². The second kappa shape index (κ2) is 5.64. The van der Waals surface area contributed by atoms with E-state index in [9.17, 15) is 9.59 Å². The molecule has 0 saturated heterocycles. The van der Waals surface area contributed by atoms with Crippen LogP contribution >= 0.6 is 0 Å². The van der Waals surface area contributed by atoms with E-state index in [1.807, 2.05) is 0 Å². The van der Waals surface area contributed by atoms with Gasteiger partial charge in [0.15, 0.2) is 5.69 Å². The third kappa shape index (κ3) is 3.18. The number of nitrogens with two attached hydrogens (primary N) is 1. The van der Waals surface area contributed by atoms with E-state index in [2.05, 4.69) is 15.5 Å². The highest BCUT2D eigenvalue weighted by atomic mass is 16.4. The number of hydrogen-bond donors (Lipinski definition) is 3. The summed E-state index contributed by atoms with van der Waals surface area (Å²) in [6.07, 6.45) is 3.38. The van der Waals surface area contributed by atoms with Crippen molar-refractivity contribution in [1.29, 1.82) is 0 Å². The largest absolute Gasteiger partial charge is 0.481 e. The molecule has 102 valence electrons. The summed E-state index contributed by atoms with van der Waals surface area (Å²) in [7, 11) is 0. The van der Waals surface area contributed by atoms with Crippen LogP contribution in [0.4, 0.5) is 5.82 Å². The number of nitrogens with one attached hydrogen (secondary N) is 1. The molecule has 2 unspecified atom stereocenters. The van der Waals surface area contributed by atoms with Crippen LogP contribution < -0.4 is 11.1 Å². The number of amides is 1. The summed E-state index contributed by atoms with van der Waals surface area (Å²) < 4.78 is 0. The Labute approximate surface area is 110 Å². The summed E-state index contributed by atoms with van der Waals surface area (Å²) in [5.41, 5.74) is 5.16. The van der Waals surface area contributed by atoms with Crippen molar-refractivity contribution in [2.24, 2.45) is 11.7 Å². The van der Waals surface area contributed by atoms with Gasteiger partial charge >= 0.3 is 5.97 Å². The Balaban J connectivity index is 2.06. The van der Waals surface area contributed by atoms with E-state index in [0.29, 0.717) is 12.2 Å². The molecule has 1 aromatic rings. The van der Waals surface area contributed by atoms with Gasteiger partial charge in [0.25, 0.3) is 5.91 Å². The molecule has 0 bridgehead atoms. The second-order valence-corrected chi connectivity index (χ2v) is 4.65. The fourth-order valence-corrected chi connectivity index (χ4v) is 2.33. The molecule has 1 amide bonds. The SMILES string of the molecule is NC(=O)c1ccc(NC2CCCCC2C(=O)O)nn1. The van der Waals surface area contributed by atoms with Crippen LogP contribution in [0.1, 0.15) is 36.2 Å². The molecular weight excluding hydrogens is 248 g/mol.